The van der Waals surface area contributed by atoms with Crippen molar-refractivity contribution in [1.29, 1.82) is 0 Å². The van der Waals surface area contributed by atoms with Crippen LogP contribution in [0.2, 0.25) is 0 Å². The average Bonchev–Trinajstić information content (AvgIpc) is 1.94. The normalized spacial score (nSPS) is 39.5. The maximum absolute atomic E-state index is 13.1. The fourth-order valence-corrected chi connectivity index (χ4v) is 1.98. The molecule has 66 valence electrons. The lowest BCUT2D eigenvalue weighted by atomic mass is 9.77. The SMILES string of the molecule is CC(C)C1CCCC(F)C1N. The molecule has 0 radical (unpaired) electrons. The number of hydrogen-bond acceptors (Lipinski definition) is 1. The maximum atomic E-state index is 13.1. The molecular formula is C9H18FN. The van der Waals surface area contributed by atoms with Crippen molar-refractivity contribution in [1.82, 2.24) is 0 Å². The van der Waals surface area contributed by atoms with Gasteiger partial charge >= 0.3 is 0 Å². The van der Waals surface area contributed by atoms with Gasteiger partial charge in [0.15, 0.2) is 0 Å². The van der Waals surface area contributed by atoms with Gasteiger partial charge in [0.2, 0.25) is 0 Å². The Balaban J connectivity index is 2.51. The molecule has 1 rings (SSSR count). The van der Waals surface area contributed by atoms with Gasteiger partial charge in [-0.25, -0.2) is 4.39 Å². The van der Waals surface area contributed by atoms with E-state index in [4.69, 9.17) is 5.73 Å². The van der Waals surface area contributed by atoms with Gasteiger partial charge in [0.25, 0.3) is 0 Å². The Labute approximate surface area is 68.2 Å². The number of alkyl halides is 1. The Morgan fingerprint density at radius 2 is 2.00 bits per heavy atom. The van der Waals surface area contributed by atoms with Crippen molar-refractivity contribution in [2.45, 2.75) is 45.3 Å². The third-order valence-corrected chi connectivity index (χ3v) is 2.79. The molecule has 1 saturated carbocycles. The van der Waals surface area contributed by atoms with E-state index in [1.165, 1.54) is 0 Å². The van der Waals surface area contributed by atoms with Crippen LogP contribution < -0.4 is 5.73 Å². The number of hydrogen-bond donors (Lipinski definition) is 1. The van der Waals surface area contributed by atoms with Crippen molar-refractivity contribution >= 4 is 0 Å². The Hall–Kier alpha value is -0.110. The molecule has 1 fully saturated rings. The second-order valence-corrected chi connectivity index (χ2v) is 3.93. The van der Waals surface area contributed by atoms with Gasteiger partial charge in [-0.3, -0.25) is 0 Å². The summed E-state index contributed by atoms with van der Waals surface area (Å²) in [6.45, 7) is 4.26. The molecule has 0 aromatic heterocycles. The quantitative estimate of drug-likeness (QED) is 0.623. The molecular weight excluding hydrogens is 141 g/mol. The van der Waals surface area contributed by atoms with Crippen LogP contribution in [0.4, 0.5) is 4.39 Å². The molecule has 0 aromatic rings. The zero-order valence-electron chi connectivity index (χ0n) is 7.39. The lowest BCUT2D eigenvalue weighted by Gasteiger charge is -2.34. The van der Waals surface area contributed by atoms with Crippen LogP contribution in [-0.4, -0.2) is 12.2 Å². The van der Waals surface area contributed by atoms with E-state index in [0.29, 0.717) is 18.3 Å². The highest BCUT2D eigenvalue weighted by atomic mass is 19.1. The summed E-state index contributed by atoms with van der Waals surface area (Å²) in [5.74, 6) is 0.933. The second kappa shape index (κ2) is 3.53. The Bertz CT molecular complexity index is 125. The van der Waals surface area contributed by atoms with Gasteiger partial charge in [0, 0.05) is 6.04 Å². The first kappa shape index (κ1) is 8.98. The maximum Gasteiger partial charge on any atom is 0.115 e. The molecule has 2 heteroatoms. The van der Waals surface area contributed by atoms with Crippen molar-refractivity contribution in [3.05, 3.63) is 0 Å². The number of nitrogens with two attached hydrogens (primary N) is 1. The zero-order valence-corrected chi connectivity index (χ0v) is 7.39. The first-order valence-corrected chi connectivity index (χ1v) is 4.52. The summed E-state index contributed by atoms with van der Waals surface area (Å²) in [6.07, 6.45) is 2.04. The molecule has 0 heterocycles. The highest BCUT2D eigenvalue weighted by Gasteiger charge is 2.31. The molecule has 0 aliphatic heterocycles. The molecule has 1 aliphatic rings. The van der Waals surface area contributed by atoms with Crippen LogP contribution in [0.3, 0.4) is 0 Å². The van der Waals surface area contributed by atoms with Gasteiger partial charge in [-0.15, -0.1) is 0 Å². The molecule has 0 saturated heterocycles. The largest absolute Gasteiger partial charge is 0.325 e. The van der Waals surface area contributed by atoms with Crippen LogP contribution in [-0.2, 0) is 0 Å². The van der Waals surface area contributed by atoms with Crippen LogP contribution in [0.5, 0.6) is 0 Å². The average molecular weight is 159 g/mol. The summed E-state index contributed by atoms with van der Waals surface area (Å²) >= 11 is 0. The first-order chi connectivity index (χ1) is 5.13. The van der Waals surface area contributed by atoms with Gasteiger partial charge in [-0.1, -0.05) is 20.3 Å². The van der Waals surface area contributed by atoms with E-state index in [2.05, 4.69) is 13.8 Å². The minimum absolute atomic E-state index is 0.205. The number of halogens is 1. The van der Waals surface area contributed by atoms with Crippen LogP contribution in [0.15, 0.2) is 0 Å². The monoisotopic (exact) mass is 159 g/mol. The van der Waals surface area contributed by atoms with E-state index < -0.39 is 6.17 Å². The molecule has 0 spiro atoms. The van der Waals surface area contributed by atoms with Crippen LogP contribution in [0.1, 0.15) is 33.1 Å². The molecule has 0 aromatic carbocycles. The van der Waals surface area contributed by atoms with Gasteiger partial charge in [0.05, 0.1) is 0 Å². The third-order valence-electron chi connectivity index (χ3n) is 2.79. The molecule has 11 heavy (non-hydrogen) atoms. The highest BCUT2D eigenvalue weighted by Crippen LogP contribution is 2.30. The fraction of sp³-hybridized carbons (Fsp3) is 1.00. The predicted molar refractivity (Wildman–Crippen MR) is 45.1 cm³/mol. The summed E-state index contributed by atoms with van der Waals surface area (Å²) < 4.78 is 13.1. The lowest BCUT2D eigenvalue weighted by molar-refractivity contribution is 0.133. The van der Waals surface area contributed by atoms with Crippen molar-refractivity contribution in [2.75, 3.05) is 0 Å². The van der Waals surface area contributed by atoms with Crippen LogP contribution in [0, 0.1) is 11.8 Å². The standard InChI is InChI=1S/C9H18FN/c1-6(2)7-4-3-5-8(10)9(7)11/h6-9H,3-5,11H2,1-2H3. The molecule has 1 nitrogen and oxygen atoms in total. The minimum atomic E-state index is -0.754. The summed E-state index contributed by atoms with van der Waals surface area (Å²) in [5.41, 5.74) is 5.75. The van der Waals surface area contributed by atoms with Crippen molar-refractivity contribution < 1.29 is 4.39 Å². The van der Waals surface area contributed by atoms with Gasteiger partial charge in [0.1, 0.15) is 6.17 Å². The van der Waals surface area contributed by atoms with E-state index in [0.717, 1.165) is 12.8 Å². The van der Waals surface area contributed by atoms with Gasteiger partial charge < -0.3 is 5.73 Å². The summed E-state index contributed by atoms with van der Waals surface area (Å²) in [6, 6.07) is -0.205. The third kappa shape index (κ3) is 1.92. The minimum Gasteiger partial charge on any atom is -0.325 e. The molecule has 3 unspecified atom stereocenters. The highest BCUT2D eigenvalue weighted by molar-refractivity contribution is 4.86. The Morgan fingerprint density at radius 1 is 1.36 bits per heavy atom. The first-order valence-electron chi connectivity index (χ1n) is 4.52. The van der Waals surface area contributed by atoms with E-state index in [1.807, 2.05) is 0 Å². The van der Waals surface area contributed by atoms with E-state index >= 15 is 0 Å². The predicted octanol–water partition coefficient (Wildman–Crippen LogP) is 2.11. The van der Waals surface area contributed by atoms with E-state index in [9.17, 15) is 4.39 Å². The van der Waals surface area contributed by atoms with Crippen molar-refractivity contribution in [3.8, 4) is 0 Å². The van der Waals surface area contributed by atoms with Crippen LogP contribution in [0.25, 0.3) is 0 Å². The van der Waals surface area contributed by atoms with Gasteiger partial charge in [-0.05, 0) is 24.7 Å². The van der Waals surface area contributed by atoms with E-state index in [1.54, 1.807) is 0 Å². The smallest absolute Gasteiger partial charge is 0.115 e. The Kier molecular flexibility index (Phi) is 2.88. The topological polar surface area (TPSA) is 26.0 Å². The second-order valence-electron chi connectivity index (χ2n) is 3.93. The fourth-order valence-electron chi connectivity index (χ4n) is 1.98. The van der Waals surface area contributed by atoms with Crippen molar-refractivity contribution in [2.24, 2.45) is 17.6 Å². The molecule has 0 amide bonds. The van der Waals surface area contributed by atoms with E-state index in [-0.39, 0.29) is 6.04 Å². The number of rotatable bonds is 1. The van der Waals surface area contributed by atoms with Crippen molar-refractivity contribution in [3.63, 3.8) is 0 Å². The molecule has 3 atom stereocenters. The lowest BCUT2D eigenvalue weighted by Crippen LogP contribution is -2.44. The Morgan fingerprint density at radius 3 is 2.45 bits per heavy atom. The van der Waals surface area contributed by atoms with Crippen LogP contribution >= 0.6 is 0 Å². The molecule has 1 aliphatic carbocycles. The van der Waals surface area contributed by atoms with Gasteiger partial charge in [-0.2, -0.15) is 0 Å². The molecule has 2 N–H and O–H groups in total. The summed E-state index contributed by atoms with van der Waals surface area (Å²) in [7, 11) is 0. The summed E-state index contributed by atoms with van der Waals surface area (Å²) in [5, 5.41) is 0. The zero-order chi connectivity index (χ0) is 8.43. The summed E-state index contributed by atoms with van der Waals surface area (Å²) in [4.78, 5) is 0. The molecule has 0 bridgehead atoms.